The predicted octanol–water partition coefficient (Wildman–Crippen LogP) is 3.20. The van der Waals surface area contributed by atoms with Gasteiger partial charge in [0.15, 0.2) is 0 Å². The zero-order valence-electron chi connectivity index (χ0n) is 12.0. The van der Waals surface area contributed by atoms with E-state index in [0.29, 0.717) is 11.6 Å². The van der Waals surface area contributed by atoms with Crippen molar-refractivity contribution < 1.29 is 9.66 Å². The summed E-state index contributed by atoms with van der Waals surface area (Å²) in [6.07, 6.45) is 1.74. The van der Waals surface area contributed by atoms with Crippen LogP contribution in [0.5, 0.6) is 11.6 Å². The van der Waals surface area contributed by atoms with Crippen LogP contribution in [-0.4, -0.2) is 16.5 Å². The number of ether oxygens (including phenoxy) is 1. The van der Waals surface area contributed by atoms with E-state index in [0.717, 1.165) is 24.2 Å². The molecule has 0 unspecified atom stereocenters. The van der Waals surface area contributed by atoms with Crippen LogP contribution in [-0.2, 0) is 6.54 Å². The van der Waals surface area contributed by atoms with Crippen molar-refractivity contribution >= 4 is 5.69 Å². The van der Waals surface area contributed by atoms with Gasteiger partial charge >= 0.3 is 0 Å². The molecule has 1 aromatic heterocycles. The number of nitro groups is 1. The van der Waals surface area contributed by atoms with Crippen molar-refractivity contribution in [3.05, 3.63) is 57.8 Å². The standard InChI is InChI=1S/C15H17N3O3/c1-3-16-9-12-7-11(2)15(17-10-12)21-14-6-4-5-13(8-14)18(19)20/h4-8,10,16H,3,9H2,1-2H3. The molecule has 0 spiro atoms. The monoisotopic (exact) mass is 287 g/mol. The molecule has 0 saturated carbocycles. The third-order valence-corrected chi connectivity index (χ3v) is 2.91. The predicted molar refractivity (Wildman–Crippen MR) is 79.5 cm³/mol. The third kappa shape index (κ3) is 4.00. The highest BCUT2D eigenvalue weighted by Gasteiger charge is 2.09. The van der Waals surface area contributed by atoms with Crippen LogP contribution in [0.25, 0.3) is 0 Å². The Morgan fingerprint density at radius 3 is 2.86 bits per heavy atom. The van der Waals surface area contributed by atoms with E-state index in [1.807, 2.05) is 19.9 Å². The van der Waals surface area contributed by atoms with Crippen LogP contribution in [0, 0.1) is 17.0 Å². The van der Waals surface area contributed by atoms with Gasteiger partial charge in [-0.05, 0) is 31.2 Å². The van der Waals surface area contributed by atoms with Crippen molar-refractivity contribution in [1.29, 1.82) is 0 Å². The van der Waals surface area contributed by atoms with Crippen molar-refractivity contribution in [1.82, 2.24) is 10.3 Å². The van der Waals surface area contributed by atoms with Gasteiger partial charge < -0.3 is 10.1 Å². The van der Waals surface area contributed by atoms with Gasteiger partial charge in [-0.25, -0.2) is 4.98 Å². The molecule has 1 aromatic carbocycles. The number of nitrogens with zero attached hydrogens (tertiary/aromatic N) is 2. The second-order valence-corrected chi connectivity index (χ2v) is 4.60. The average molecular weight is 287 g/mol. The molecule has 1 heterocycles. The molecule has 6 heteroatoms. The summed E-state index contributed by atoms with van der Waals surface area (Å²) in [5, 5.41) is 14.0. The summed E-state index contributed by atoms with van der Waals surface area (Å²) in [6, 6.07) is 8.05. The molecule has 0 saturated heterocycles. The van der Waals surface area contributed by atoms with Gasteiger partial charge in [0.05, 0.1) is 11.0 Å². The molecule has 0 fully saturated rings. The first-order chi connectivity index (χ1) is 10.1. The fourth-order valence-corrected chi connectivity index (χ4v) is 1.87. The molecular formula is C15H17N3O3. The Morgan fingerprint density at radius 2 is 2.19 bits per heavy atom. The molecule has 0 amide bonds. The summed E-state index contributed by atoms with van der Waals surface area (Å²) >= 11 is 0. The SMILES string of the molecule is CCNCc1cnc(Oc2cccc([N+](=O)[O-])c2)c(C)c1. The molecule has 21 heavy (non-hydrogen) atoms. The molecule has 2 rings (SSSR count). The number of benzene rings is 1. The van der Waals surface area contributed by atoms with Crippen molar-refractivity contribution in [2.45, 2.75) is 20.4 Å². The summed E-state index contributed by atoms with van der Waals surface area (Å²) in [5.41, 5.74) is 1.95. The smallest absolute Gasteiger partial charge is 0.273 e. The van der Waals surface area contributed by atoms with Crippen LogP contribution in [0.2, 0.25) is 0 Å². The number of rotatable bonds is 6. The van der Waals surface area contributed by atoms with Crippen LogP contribution in [0.15, 0.2) is 36.5 Å². The topological polar surface area (TPSA) is 77.3 Å². The molecule has 110 valence electrons. The Bertz CT molecular complexity index is 644. The quantitative estimate of drug-likeness (QED) is 0.652. The molecule has 2 aromatic rings. The van der Waals surface area contributed by atoms with Gasteiger partial charge in [0.25, 0.3) is 5.69 Å². The Labute approximate surface area is 122 Å². The van der Waals surface area contributed by atoms with E-state index < -0.39 is 4.92 Å². The molecule has 6 nitrogen and oxygen atoms in total. The molecular weight excluding hydrogens is 270 g/mol. The number of aryl methyl sites for hydroxylation is 1. The van der Waals surface area contributed by atoms with Crippen molar-refractivity contribution in [3.8, 4) is 11.6 Å². The second kappa shape index (κ2) is 6.81. The van der Waals surface area contributed by atoms with Gasteiger partial charge in [-0.2, -0.15) is 0 Å². The van der Waals surface area contributed by atoms with Crippen LogP contribution >= 0.6 is 0 Å². The van der Waals surface area contributed by atoms with E-state index >= 15 is 0 Å². The largest absolute Gasteiger partial charge is 0.439 e. The Kier molecular flexibility index (Phi) is 4.84. The Hall–Kier alpha value is -2.47. The number of nitrogens with one attached hydrogen (secondary N) is 1. The molecule has 0 bridgehead atoms. The summed E-state index contributed by atoms with van der Waals surface area (Å²) in [6.45, 7) is 5.58. The molecule has 1 N–H and O–H groups in total. The number of pyridine rings is 1. The maximum Gasteiger partial charge on any atom is 0.273 e. The first-order valence-electron chi connectivity index (χ1n) is 6.68. The molecule has 0 atom stereocenters. The highest BCUT2D eigenvalue weighted by Crippen LogP contribution is 2.26. The lowest BCUT2D eigenvalue weighted by Gasteiger charge is -2.09. The zero-order valence-corrected chi connectivity index (χ0v) is 12.0. The van der Waals surface area contributed by atoms with E-state index in [9.17, 15) is 10.1 Å². The first kappa shape index (κ1) is 14.9. The Balaban J connectivity index is 2.16. The zero-order chi connectivity index (χ0) is 15.2. The molecule has 0 aliphatic carbocycles. The molecule has 0 aliphatic heterocycles. The minimum atomic E-state index is -0.452. The summed E-state index contributed by atoms with van der Waals surface area (Å²) in [4.78, 5) is 14.6. The second-order valence-electron chi connectivity index (χ2n) is 4.60. The number of aromatic nitrogens is 1. The number of hydrogen-bond acceptors (Lipinski definition) is 5. The summed E-state index contributed by atoms with van der Waals surface area (Å²) in [5.74, 6) is 0.856. The normalized spacial score (nSPS) is 10.4. The van der Waals surface area contributed by atoms with Gasteiger partial charge in [0.1, 0.15) is 5.75 Å². The van der Waals surface area contributed by atoms with Gasteiger partial charge in [-0.3, -0.25) is 10.1 Å². The maximum absolute atomic E-state index is 10.7. The van der Waals surface area contributed by atoms with E-state index in [1.165, 1.54) is 12.1 Å². The van der Waals surface area contributed by atoms with Crippen LogP contribution in [0.1, 0.15) is 18.1 Å². The minimum absolute atomic E-state index is 0.00563. The van der Waals surface area contributed by atoms with Gasteiger partial charge in [-0.1, -0.05) is 13.0 Å². The van der Waals surface area contributed by atoms with Crippen LogP contribution in [0.3, 0.4) is 0 Å². The highest BCUT2D eigenvalue weighted by atomic mass is 16.6. The van der Waals surface area contributed by atoms with Gasteiger partial charge in [-0.15, -0.1) is 0 Å². The molecule has 0 radical (unpaired) electrons. The van der Waals surface area contributed by atoms with Crippen molar-refractivity contribution in [2.24, 2.45) is 0 Å². The minimum Gasteiger partial charge on any atom is -0.439 e. The molecule has 0 aliphatic rings. The summed E-state index contributed by atoms with van der Waals surface area (Å²) in [7, 11) is 0. The van der Waals surface area contributed by atoms with Crippen LogP contribution in [0.4, 0.5) is 5.69 Å². The van der Waals surface area contributed by atoms with E-state index in [2.05, 4.69) is 10.3 Å². The number of hydrogen-bond donors (Lipinski definition) is 1. The lowest BCUT2D eigenvalue weighted by Crippen LogP contribution is -2.12. The lowest BCUT2D eigenvalue weighted by atomic mass is 10.2. The summed E-state index contributed by atoms with van der Waals surface area (Å²) < 4.78 is 5.62. The fraction of sp³-hybridized carbons (Fsp3) is 0.267. The van der Waals surface area contributed by atoms with Gasteiger partial charge in [0, 0.05) is 24.4 Å². The Morgan fingerprint density at radius 1 is 1.38 bits per heavy atom. The third-order valence-electron chi connectivity index (χ3n) is 2.91. The number of nitro benzene ring substituents is 1. The van der Waals surface area contributed by atoms with Crippen molar-refractivity contribution in [3.63, 3.8) is 0 Å². The van der Waals surface area contributed by atoms with E-state index in [-0.39, 0.29) is 5.69 Å². The fourth-order valence-electron chi connectivity index (χ4n) is 1.87. The first-order valence-corrected chi connectivity index (χ1v) is 6.68. The van der Waals surface area contributed by atoms with Crippen molar-refractivity contribution in [2.75, 3.05) is 6.54 Å². The number of non-ortho nitro benzene ring substituents is 1. The maximum atomic E-state index is 10.7. The average Bonchev–Trinajstić information content (AvgIpc) is 2.48. The lowest BCUT2D eigenvalue weighted by molar-refractivity contribution is -0.384. The van der Waals surface area contributed by atoms with E-state index in [1.54, 1.807) is 18.3 Å². The highest BCUT2D eigenvalue weighted by molar-refractivity contribution is 5.40. The van der Waals surface area contributed by atoms with Gasteiger partial charge in [0.2, 0.25) is 5.88 Å². The van der Waals surface area contributed by atoms with E-state index in [4.69, 9.17) is 4.74 Å². The van der Waals surface area contributed by atoms with Crippen LogP contribution < -0.4 is 10.1 Å².